The zero-order valence-electron chi connectivity index (χ0n) is 73.6. The topological polar surface area (TPSA) is 227 Å². The van der Waals surface area contributed by atoms with Gasteiger partial charge in [-0.15, -0.1) is 0 Å². The van der Waals surface area contributed by atoms with Crippen LogP contribution >= 0.6 is 0 Å². The number of carbonyl (C=O) groups is 3. The van der Waals surface area contributed by atoms with Crippen molar-refractivity contribution in [3.63, 3.8) is 0 Å². The molecule has 29 nitrogen and oxygen atoms in total. The monoisotopic (exact) mass is 1700 g/mol. The molecule has 0 spiro atoms. The predicted molar refractivity (Wildman–Crippen MR) is 494 cm³/mol. The van der Waals surface area contributed by atoms with E-state index in [0.717, 1.165) is 116 Å². The molecule has 0 bridgehead atoms. The first-order chi connectivity index (χ1) is 61.2. The number of likely N-dealkylation sites (tertiary alicyclic amines) is 1. The van der Waals surface area contributed by atoms with Gasteiger partial charge < -0.3 is 92.1 Å². The standard InChI is InChI=1S/C33H39N7O3.C32H37N7O3.C32H39N7O2/c1-5-31(41)40-16-15-39(19-25(40)18-34-2)32-28-13-14-38(30-12-8-10-23-9-6-7-11-27(23)30)21-29(28)35-33(36-32)43-22-24-17-26(42-4)20-37(24)3;1-4-30(40)39-15-14-38(19-24(39)18-33-2)31-27-12-13-37(29-11-7-9-23-8-5-6-10-26(23)29)21-28(27)34-32(35-31)42-22-25-20-36(3)16-17-41-25;1-7-29(40)39-18-17-38(20-24(39)19-33-4)30-26-15-16-37(28-14-10-12-23-11-8-9-13-25(23)28)21-27(26)34-31(35-30)41-22-32(2,3)36(5)6/h5-12,24-26H,1,13-22H2,3-4H3;4-11,24-25H,1,12-22H2,3H3;7-14,24H,1,15-22H2,2-3,5-6H3/t24-,25?,26+;24?,25-;/m01./s1. The molecule has 0 N–H and O–H groups in total. The number of fused-ring (bicyclic) bond motifs is 6. The molecule has 3 unspecified atom stereocenters. The molecule has 0 saturated carbocycles. The van der Waals surface area contributed by atoms with Crippen molar-refractivity contribution in [3.05, 3.63) is 233 Å². The second-order valence-corrected chi connectivity index (χ2v) is 34.4. The van der Waals surface area contributed by atoms with E-state index in [-0.39, 0.29) is 79.3 Å². The summed E-state index contributed by atoms with van der Waals surface area (Å²) in [7, 11) is 10.0. The van der Waals surface area contributed by atoms with Gasteiger partial charge in [0.1, 0.15) is 61.5 Å². The van der Waals surface area contributed by atoms with E-state index in [1.54, 1.807) is 21.8 Å². The molecule has 11 heterocycles. The largest absolute Gasteiger partial charge is 0.462 e. The predicted octanol–water partition coefficient (Wildman–Crippen LogP) is 10.5. The number of ether oxygens (including phenoxy) is 5. The van der Waals surface area contributed by atoms with Gasteiger partial charge in [0.05, 0.1) is 49.4 Å². The van der Waals surface area contributed by atoms with E-state index in [1.165, 1.54) is 67.6 Å². The van der Waals surface area contributed by atoms with Crippen LogP contribution in [0.2, 0.25) is 0 Å². The number of anilines is 6. The number of benzene rings is 6. The number of piperazine rings is 3. The Morgan fingerprint density at radius 3 is 1.20 bits per heavy atom. The quantitative estimate of drug-likeness (QED) is 0.0428. The number of rotatable bonds is 23. The minimum atomic E-state index is -0.237. The zero-order chi connectivity index (χ0) is 88.1. The first-order valence-electron chi connectivity index (χ1n) is 43.7. The van der Waals surface area contributed by atoms with Crippen LogP contribution in [0.5, 0.6) is 18.0 Å². The van der Waals surface area contributed by atoms with E-state index in [9.17, 15) is 14.4 Å². The molecule has 6 atom stereocenters. The van der Waals surface area contributed by atoms with Gasteiger partial charge in [0.25, 0.3) is 0 Å². The second-order valence-electron chi connectivity index (χ2n) is 34.4. The Hall–Kier alpha value is -12.6. The molecule has 8 aliphatic rings. The van der Waals surface area contributed by atoms with Gasteiger partial charge >= 0.3 is 18.0 Å². The fraction of sp³-hybridized carbons (Fsp3) is 0.443. The molecule has 3 amide bonds. The molecule has 656 valence electrons. The van der Waals surface area contributed by atoms with Gasteiger partial charge in [-0.05, 0) is 120 Å². The molecule has 5 saturated heterocycles. The highest BCUT2D eigenvalue weighted by Crippen LogP contribution is 2.40. The number of hydrogen-bond acceptors (Lipinski definition) is 23. The maximum atomic E-state index is 12.6. The van der Waals surface area contributed by atoms with Crippen molar-refractivity contribution in [2.75, 3.05) is 209 Å². The van der Waals surface area contributed by atoms with E-state index >= 15 is 0 Å². The lowest BCUT2D eigenvalue weighted by molar-refractivity contribution is -0.129. The highest BCUT2D eigenvalue weighted by Gasteiger charge is 2.41. The Labute approximate surface area is 739 Å². The van der Waals surface area contributed by atoms with Crippen LogP contribution in [0.25, 0.3) is 46.9 Å². The van der Waals surface area contributed by atoms with E-state index < -0.39 is 0 Å². The molecule has 6 aromatic carbocycles. The van der Waals surface area contributed by atoms with Crippen molar-refractivity contribution in [1.82, 2.24) is 59.3 Å². The van der Waals surface area contributed by atoms with Crippen molar-refractivity contribution >= 4 is 84.6 Å². The maximum Gasteiger partial charge on any atom is 0.318 e. The Balaban J connectivity index is 0.000000146. The summed E-state index contributed by atoms with van der Waals surface area (Å²) in [6.45, 7) is 52.3. The van der Waals surface area contributed by atoms with Gasteiger partial charge in [-0.3, -0.25) is 19.3 Å². The second kappa shape index (κ2) is 40.2. The van der Waals surface area contributed by atoms with E-state index in [0.29, 0.717) is 123 Å². The maximum absolute atomic E-state index is 12.6. The lowest BCUT2D eigenvalue weighted by Crippen LogP contribution is -2.56. The van der Waals surface area contributed by atoms with Crippen LogP contribution in [0.1, 0.15) is 54.0 Å². The molecular weight excluding hydrogens is 1590 g/mol. The minimum Gasteiger partial charge on any atom is -0.462 e. The highest BCUT2D eigenvalue weighted by atomic mass is 16.5. The third kappa shape index (κ3) is 19.9. The lowest BCUT2D eigenvalue weighted by Gasteiger charge is -2.41. The average molecular weight is 1700 g/mol. The molecule has 5 fully saturated rings. The number of nitrogens with zero attached hydrogens (tertiary/aromatic N) is 21. The van der Waals surface area contributed by atoms with Crippen LogP contribution in [0.4, 0.5) is 34.5 Å². The Bertz CT molecular complexity index is 5580. The summed E-state index contributed by atoms with van der Waals surface area (Å²) in [6, 6.07) is 45.3. The Kier molecular flexibility index (Phi) is 28.2. The van der Waals surface area contributed by atoms with Crippen LogP contribution in [0, 0.1) is 19.7 Å². The molecule has 29 heteroatoms. The van der Waals surface area contributed by atoms with E-state index in [2.05, 4.69) is 234 Å². The smallest absolute Gasteiger partial charge is 0.318 e. The van der Waals surface area contributed by atoms with Crippen molar-refractivity contribution in [2.45, 2.75) is 101 Å². The lowest BCUT2D eigenvalue weighted by atomic mass is 10.0. The summed E-state index contributed by atoms with van der Waals surface area (Å²) < 4.78 is 30.3. The molecular formula is C97H115N21O8. The van der Waals surface area contributed by atoms with Crippen molar-refractivity contribution in [1.29, 1.82) is 0 Å². The molecule has 3 aromatic heterocycles. The number of hydrogen-bond donors (Lipinski definition) is 0. The molecule has 8 aliphatic heterocycles. The normalized spacial score (nSPS) is 20.3. The zero-order valence-corrected chi connectivity index (χ0v) is 73.6. The number of likely N-dealkylation sites (N-methyl/N-ethyl adjacent to an activating group) is 3. The highest BCUT2D eigenvalue weighted by molar-refractivity contribution is 5.97. The third-order valence-corrected chi connectivity index (χ3v) is 25.9. The van der Waals surface area contributed by atoms with Gasteiger partial charge in [0.2, 0.25) is 37.4 Å². The molecule has 17 rings (SSSR count). The molecule has 126 heavy (non-hydrogen) atoms. The van der Waals surface area contributed by atoms with Gasteiger partial charge in [0, 0.05) is 167 Å². The fourth-order valence-corrected chi connectivity index (χ4v) is 18.4. The summed E-state index contributed by atoms with van der Waals surface area (Å²) in [5, 5.41) is 7.31. The summed E-state index contributed by atoms with van der Waals surface area (Å²) in [4.78, 5) is 104. The van der Waals surface area contributed by atoms with E-state index in [4.69, 9.17) is 73.3 Å². The van der Waals surface area contributed by atoms with Crippen LogP contribution in [0.15, 0.2) is 165 Å². The van der Waals surface area contributed by atoms with Crippen LogP contribution in [-0.4, -0.2) is 298 Å². The molecule has 0 aliphatic carbocycles. The third-order valence-electron chi connectivity index (χ3n) is 25.9. The van der Waals surface area contributed by atoms with Crippen molar-refractivity contribution in [3.8, 4) is 18.0 Å². The number of carbonyl (C=O) groups excluding carboxylic acids is 3. The fourth-order valence-electron chi connectivity index (χ4n) is 18.4. The summed E-state index contributed by atoms with van der Waals surface area (Å²) in [5.74, 6) is 2.14. The minimum absolute atomic E-state index is 0.0458. The van der Waals surface area contributed by atoms with E-state index in [1.807, 2.05) is 14.1 Å². The van der Waals surface area contributed by atoms with Crippen LogP contribution < -0.4 is 43.6 Å². The summed E-state index contributed by atoms with van der Waals surface area (Å²) in [6.07, 6.45) is 7.40. The number of amides is 3. The van der Waals surface area contributed by atoms with Crippen LogP contribution in [-0.2, 0) is 62.8 Å². The molecule has 0 radical (unpaired) electrons. The van der Waals surface area contributed by atoms with Gasteiger partial charge in [-0.1, -0.05) is 129 Å². The number of morpholine rings is 1. The number of aromatic nitrogens is 6. The Morgan fingerprint density at radius 1 is 0.468 bits per heavy atom. The SMILES string of the molecule is [C-]#[N+]CC1CN(c2nc(OCC(C)(C)N(C)C)nc3c2CCN(c2cccc4ccccc24)C3)CCN1C(=O)C=C.[C-]#[N+]CC1CN(c2nc(OC[C@@H]3C[C@@H](OC)CN3C)nc3c2CCN(c2cccc4ccccc24)C3)CCN1C(=O)C=C.[C-]#[N+]CC1CN(c2nc(OC[C@H]3CN(C)CCO3)nc3c2CCN(c2cccc4ccccc24)C3)CCN1C(=O)C=C. The van der Waals surface area contributed by atoms with Crippen molar-refractivity contribution < 1.29 is 38.1 Å². The van der Waals surface area contributed by atoms with Gasteiger partial charge in [0.15, 0.2) is 0 Å². The average Bonchev–Trinajstić information content (AvgIpc) is 1.09. The van der Waals surface area contributed by atoms with Gasteiger partial charge in [-0.25, -0.2) is 19.7 Å². The van der Waals surface area contributed by atoms with Crippen LogP contribution in [0.3, 0.4) is 0 Å². The number of methoxy groups -OCH3 is 1. The van der Waals surface area contributed by atoms with Gasteiger partial charge in [-0.2, -0.15) is 29.9 Å². The summed E-state index contributed by atoms with van der Waals surface area (Å²) >= 11 is 0. The Morgan fingerprint density at radius 2 is 0.841 bits per heavy atom. The van der Waals surface area contributed by atoms with Crippen molar-refractivity contribution in [2.24, 2.45) is 0 Å². The first kappa shape index (κ1) is 88.3. The summed E-state index contributed by atoms with van der Waals surface area (Å²) in [5.41, 5.74) is 9.58. The first-order valence-corrected chi connectivity index (χ1v) is 43.7. The molecule has 9 aromatic rings.